The minimum absolute atomic E-state index is 0.0957. The largest absolute Gasteiger partial charge is 0.462 e. The first kappa shape index (κ1) is 23.1. The monoisotopic (exact) mass is 440 g/mol. The standard InChI is InChI=1S/C24H25FN2O5/c1-3-5-21(28)26(15-16-6-10-18(25)11-7-16)20-14-22(29)27(23(20)30)19-12-8-17(9-13-19)24(31)32-4-2/h6-13,20H,3-5,14-15H2,1-2H3. The predicted octanol–water partition coefficient (Wildman–Crippen LogP) is 3.46. The maximum Gasteiger partial charge on any atom is 0.338 e. The van der Waals surface area contributed by atoms with Crippen LogP contribution in [0.3, 0.4) is 0 Å². The predicted molar refractivity (Wildman–Crippen MR) is 115 cm³/mol. The highest BCUT2D eigenvalue weighted by atomic mass is 19.1. The third-order valence-corrected chi connectivity index (χ3v) is 5.19. The molecule has 1 atom stereocenters. The van der Waals surface area contributed by atoms with Gasteiger partial charge in [-0.05, 0) is 55.3 Å². The lowest BCUT2D eigenvalue weighted by atomic mass is 10.1. The molecule has 0 aromatic heterocycles. The zero-order valence-corrected chi connectivity index (χ0v) is 18.0. The summed E-state index contributed by atoms with van der Waals surface area (Å²) in [6.07, 6.45) is 0.676. The van der Waals surface area contributed by atoms with Crippen molar-refractivity contribution in [3.05, 3.63) is 65.5 Å². The molecule has 0 saturated carbocycles. The number of amides is 3. The number of ether oxygens (including phenoxy) is 1. The molecule has 1 unspecified atom stereocenters. The number of hydrogen-bond donors (Lipinski definition) is 0. The van der Waals surface area contributed by atoms with Crippen molar-refractivity contribution in [2.75, 3.05) is 11.5 Å². The van der Waals surface area contributed by atoms with E-state index >= 15 is 0 Å². The zero-order chi connectivity index (χ0) is 23.3. The maximum atomic E-state index is 13.3. The van der Waals surface area contributed by atoms with Gasteiger partial charge in [0, 0.05) is 13.0 Å². The third kappa shape index (κ3) is 5.01. The van der Waals surface area contributed by atoms with E-state index in [0.717, 1.165) is 4.90 Å². The fourth-order valence-corrected chi connectivity index (χ4v) is 3.61. The normalized spacial score (nSPS) is 15.7. The summed E-state index contributed by atoms with van der Waals surface area (Å²) in [5, 5.41) is 0. The van der Waals surface area contributed by atoms with Gasteiger partial charge in [-0.2, -0.15) is 0 Å². The van der Waals surface area contributed by atoms with Crippen LogP contribution >= 0.6 is 0 Å². The van der Waals surface area contributed by atoms with E-state index in [4.69, 9.17) is 4.74 Å². The minimum atomic E-state index is -0.948. The van der Waals surface area contributed by atoms with Gasteiger partial charge in [0.25, 0.3) is 5.91 Å². The number of halogens is 1. The lowest BCUT2D eigenvalue weighted by Gasteiger charge is -2.28. The lowest BCUT2D eigenvalue weighted by Crippen LogP contribution is -2.45. The first-order valence-electron chi connectivity index (χ1n) is 10.5. The number of carbonyl (C=O) groups excluding carboxylic acids is 4. The third-order valence-electron chi connectivity index (χ3n) is 5.19. The number of anilines is 1. The van der Waals surface area contributed by atoms with Crippen molar-refractivity contribution in [1.82, 2.24) is 4.90 Å². The van der Waals surface area contributed by atoms with Crippen molar-refractivity contribution in [2.24, 2.45) is 0 Å². The molecule has 0 bridgehead atoms. The Morgan fingerprint density at radius 2 is 1.72 bits per heavy atom. The van der Waals surface area contributed by atoms with Gasteiger partial charge in [-0.3, -0.25) is 14.4 Å². The molecule has 32 heavy (non-hydrogen) atoms. The fourth-order valence-electron chi connectivity index (χ4n) is 3.61. The van der Waals surface area contributed by atoms with Crippen molar-refractivity contribution < 1.29 is 28.3 Å². The topological polar surface area (TPSA) is 84.0 Å². The molecule has 0 spiro atoms. The first-order chi connectivity index (χ1) is 15.3. The molecule has 0 aliphatic carbocycles. The Hall–Kier alpha value is -3.55. The average Bonchev–Trinajstić information content (AvgIpc) is 3.07. The van der Waals surface area contributed by atoms with Crippen LogP contribution in [0.25, 0.3) is 0 Å². The van der Waals surface area contributed by atoms with Crippen LogP contribution in [0.5, 0.6) is 0 Å². The van der Waals surface area contributed by atoms with Gasteiger partial charge in [0.05, 0.1) is 24.3 Å². The van der Waals surface area contributed by atoms with E-state index in [-0.39, 0.29) is 31.9 Å². The molecule has 1 aliphatic rings. The number of carbonyl (C=O) groups is 4. The van der Waals surface area contributed by atoms with Crippen LogP contribution in [0.2, 0.25) is 0 Å². The second kappa shape index (κ2) is 10.2. The summed E-state index contributed by atoms with van der Waals surface area (Å²) in [6.45, 7) is 3.89. The Labute approximate surface area is 185 Å². The van der Waals surface area contributed by atoms with E-state index < -0.39 is 29.6 Å². The highest BCUT2D eigenvalue weighted by molar-refractivity contribution is 6.23. The number of imide groups is 1. The summed E-state index contributed by atoms with van der Waals surface area (Å²) < 4.78 is 18.2. The van der Waals surface area contributed by atoms with Gasteiger partial charge in [0.2, 0.25) is 11.8 Å². The van der Waals surface area contributed by atoms with Gasteiger partial charge in [0.1, 0.15) is 11.9 Å². The van der Waals surface area contributed by atoms with Crippen molar-refractivity contribution in [3.63, 3.8) is 0 Å². The molecule has 2 aromatic rings. The minimum Gasteiger partial charge on any atom is -0.462 e. The molecular weight excluding hydrogens is 415 g/mol. The molecule has 1 heterocycles. The Kier molecular flexibility index (Phi) is 7.35. The number of benzene rings is 2. The van der Waals surface area contributed by atoms with E-state index in [1.165, 1.54) is 41.3 Å². The van der Waals surface area contributed by atoms with Gasteiger partial charge in [-0.25, -0.2) is 14.1 Å². The number of esters is 1. The van der Waals surface area contributed by atoms with Gasteiger partial charge >= 0.3 is 5.97 Å². The number of nitrogens with zero attached hydrogens (tertiary/aromatic N) is 2. The van der Waals surface area contributed by atoms with Crippen LogP contribution in [-0.4, -0.2) is 41.2 Å². The summed E-state index contributed by atoms with van der Waals surface area (Å²) in [4.78, 5) is 53.0. The van der Waals surface area contributed by atoms with E-state index in [2.05, 4.69) is 0 Å². The molecule has 3 amide bonds. The molecule has 1 fully saturated rings. The fraction of sp³-hybridized carbons (Fsp3) is 0.333. The van der Waals surface area contributed by atoms with Crippen LogP contribution in [-0.2, 0) is 25.7 Å². The van der Waals surface area contributed by atoms with Crippen LogP contribution in [0.15, 0.2) is 48.5 Å². The summed E-state index contributed by atoms with van der Waals surface area (Å²) in [7, 11) is 0. The average molecular weight is 440 g/mol. The number of rotatable bonds is 8. The summed E-state index contributed by atoms with van der Waals surface area (Å²) >= 11 is 0. The maximum absolute atomic E-state index is 13.3. The van der Waals surface area contributed by atoms with Crippen LogP contribution in [0.4, 0.5) is 10.1 Å². The quantitative estimate of drug-likeness (QED) is 0.464. The van der Waals surface area contributed by atoms with E-state index in [1.807, 2.05) is 6.92 Å². The van der Waals surface area contributed by atoms with Crippen molar-refractivity contribution in [1.29, 1.82) is 0 Å². The van der Waals surface area contributed by atoms with Crippen molar-refractivity contribution >= 4 is 29.4 Å². The van der Waals surface area contributed by atoms with E-state index in [9.17, 15) is 23.6 Å². The molecule has 8 heteroatoms. The lowest BCUT2D eigenvalue weighted by molar-refractivity contribution is -0.139. The molecule has 2 aromatic carbocycles. The van der Waals surface area contributed by atoms with Crippen LogP contribution in [0.1, 0.15) is 49.0 Å². The molecule has 0 N–H and O–H groups in total. The van der Waals surface area contributed by atoms with Gasteiger partial charge in [-0.15, -0.1) is 0 Å². The Bertz CT molecular complexity index is 1000. The van der Waals surface area contributed by atoms with Crippen LogP contribution in [0, 0.1) is 5.82 Å². The van der Waals surface area contributed by atoms with Gasteiger partial charge in [0.15, 0.2) is 0 Å². The molecule has 168 valence electrons. The van der Waals surface area contributed by atoms with Crippen molar-refractivity contribution in [3.8, 4) is 0 Å². The molecule has 3 rings (SSSR count). The first-order valence-corrected chi connectivity index (χ1v) is 10.5. The van der Waals surface area contributed by atoms with Crippen molar-refractivity contribution in [2.45, 2.75) is 45.7 Å². The highest BCUT2D eigenvalue weighted by Crippen LogP contribution is 2.28. The molecule has 0 radical (unpaired) electrons. The SMILES string of the molecule is CCCC(=O)N(Cc1ccc(F)cc1)C1CC(=O)N(c2ccc(C(=O)OCC)cc2)C1=O. The Morgan fingerprint density at radius 1 is 1.06 bits per heavy atom. The van der Waals surface area contributed by atoms with Gasteiger partial charge in [-0.1, -0.05) is 19.1 Å². The second-order valence-electron chi connectivity index (χ2n) is 7.45. The molecule has 7 nitrogen and oxygen atoms in total. The smallest absolute Gasteiger partial charge is 0.338 e. The zero-order valence-electron chi connectivity index (χ0n) is 18.0. The molecule has 1 saturated heterocycles. The Morgan fingerprint density at radius 3 is 2.31 bits per heavy atom. The summed E-state index contributed by atoms with van der Waals surface area (Å²) in [5.41, 5.74) is 1.29. The second-order valence-corrected chi connectivity index (χ2v) is 7.45. The van der Waals surface area contributed by atoms with E-state index in [1.54, 1.807) is 19.1 Å². The van der Waals surface area contributed by atoms with Gasteiger partial charge < -0.3 is 9.64 Å². The molecule has 1 aliphatic heterocycles. The summed E-state index contributed by atoms with van der Waals surface area (Å²) in [6, 6.07) is 10.7. The van der Waals surface area contributed by atoms with E-state index in [0.29, 0.717) is 23.2 Å². The number of hydrogen-bond acceptors (Lipinski definition) is 5. The Balaban J connectivity index is 1.84. The summed E-state index contributed by atoms with van der Waals surface area (Å²) in [5.74, 6) is -2.08. The molecular formula is C24H25FN2O5. The highest BCUT2D eigenvalue weighted by Gasteiger charge is 2.44. The van der Waals surface area contributed by atoms with Crippen LogP contribution < -0.4 is 4.90 Å².